The van der Waals surface area contributed by atoms with E-state index in [9.17, 15) is 8.42 Å². The van der Waals surface area contributed by atoms with Crippen molar-refractivity contribution in [2.24, 2.45) is 5.73 Å². The van der Waals surface area contributed by atoms with Crippen LogP contribution in [-0.2, 0) is 9.84 Å². The van der Waals surface area contributed by atoms with E-state index in [-0.39, 0.29) is 10.9 Å². The van der Waals surface area contributed by atoms with Crippen LogP contribution in [0.1, 0.15) is 18.5 Å². The van der Waals surface area contributed by atoms with Gasteiger partial charge >= 0.3 is 0 Å². The fourth-order valence-electron chi connectivity index (χ4n) is 1.85. The highest BCUT2D eigenvalue weighted by Crippen LogP contribution is 2.30. The van der Waals surface area contributed by atoms with Crippen LogP contribution >= 0.6 is 15.9 Å². The lowest BCUT2D eigenvalue weighted by atomic mass is 10.1. The molecule has 0 unspecified atom stereocenters. The van der Waals surface area contributed by atoms with Crippen molar-refractivity contribution in [2.75, 3.05) is 6.26 Å². The second kappa shape index (κ2) is 6.17. The maximum Gasteiger partial charge on any atom is 0.175 e. The van der Waals surface area contributed by atoms with E-state index in [4.69, 9.17) is 10.5 Å². The van der Waals surface area contributed by atoms with Gasteiger partial charge in [0.1, 0.15) is 11.5 Å². The molecule has 0 saturated carbocycles. The van der Waals surface area contributed by atoms with Crippen LogP contribution < -0.4 is 10.5 Å². The van der Waals surface area contributed by atoms with Gasteiger partial charge in [0.15, 0.2) is 9.84 Å². The molecule has 0 aromatic heterocycles. The monoisotopic (exact) mass is 369 g/mol. The molecule has 2 rings (SSSR count). The summed E-state index contributed by atoms with van der Waals surface area (Å²) in [6.45, 7) is 1.90. The Morgan fingerprint density at radius 2 is 1.81 bits per heavy atom. The minimum atomic E-state index is -3.25. The Kier molecular flexibility index (Phi) is 4.70. The third-order valence-electron chi connectivity index (χ3n) is 2.93. The van der Waals surface area contributed by atoms with Crippen LogP contribution in [-0.4, -0.2) is 14.7 Å². The zero-order chi connectivity index (χ0) is 15.6. The summed E-state index contributed by atoms with van der Waals surface area (Å²) in [5.41, 5.74) is 6.83. The molecule has 0 aliphatic rings. The normalized spacial score (nSPS) is 13.0. The van der Waals surface area contributed by atoms with Gasteiger partial charge in [0, 0.05) is 16.8 Å². The summed E-state index contributed by atoms with van der Waals surface area (Å²) in [7, 11) is -3.25. The van der Waals surface area contributed by atoms with Crippen molar-refractivity contribution in [1.29, 1.82) is 0 Å². The predicted octanol–water partition coefficient (Wildman–Crippen LogP) is 3.66. The Balaban J connectivity index is 2.29. The first-order valence-electron chi connectivity index (χ1n) is 6.30. The second-order valence-electron chi connectivity index (χ2n) is 4.82. The SMILES string of the molecule is C[C@H](N)c1ccc(Oc2cccc(S(C)(=O)=O)c2)cc1Br. The van der Waals surface area contributed by atoms with Crippen molar-refractivity contribution in [2.45, 2.75) is 17.9 Å². The van der Waals surface area contributed by atoms with E-state index < -0.39 is 9.84 Å². The molecule has 0 fully saturated rings. The molecule has 6 heteroatoms. The van der Waals surface area contributed by atoms with Crippen molar-refractivity contribution in [3.63, 3.8) is 0 Å². The van der Waals surface area contributed by atoms with Gasteiger partial charge in [-0.3, -0.25) is 0 Å². The summed E-state index contributed by atoms with van der Waals surface area (Å²) in [6.07, 6.45) is 1.17. The largest absolute Gasteiger partial charge is 0.457 e. The maximum atomic E-state index is 11.5. The van der Waals surface area contributed by atoms with E-state index in [1.807, 2.05) is 19.1 Å². The minimum absolute atomic E-state index is 0.0815. The zero-order valence-corrected chi connectivity index (χ0v) is 14.1. The number of halogens is 1. The smallest absolute Gasteiger partial charge is 0.175 e. The Labute approximate surface area is 133 Å². The molecule has 0 saturated heterocycles. The standard InChI is InChI=1S/C15H16BrNO3S/c1-10(17)14-7-6-12(9-15(14)16)20-11-4-3-5-13(8-11)21(2,18)19/h3-10H,17H2,1-2H3/t10-/m0/s1. The van der Waals surface area contributed by atoms with E-state index in [1.54, 1.807) is 18.2 Å². The molecule has 4 nitrogen and oxygen atoms in total. The van der Waals surface area contributed by atoms with E-state index in [0.29, 0.717) is 11.5 Å². The molecule has 0 amide bonds. The Morgan fingerprint density at radius 3 is 2.38 bits per heavy atom. The molecule has 2 N–H and O–H groups in total. The molecule has 21 heavy (non-hydrogen) atoms. The predicted molar refractivity (Wildman–Crippen MR) is 86.4 cm³/mol. The molecule has 0 heterocycles. The Hall–Kier alpha value is -1.37. The van der Waals surface area contributed by atoms with Crippen LogP contribution in [0.15, 0.2) is 51.8 Å². The van der Waals surface area contributed by atoms with Crippen LogP contribution in [0.3, 0.4) is 0 Å². The number of nitrogens with two attached hydrogens (primary N) is 1. The Morgan fingerprint density at radius 1 is 1.14 bits per heavy atom. The van der Waals surface area contributed by atoms with E-state index in [0.717, 1.165) is 10.0 Å². The quantitative estimate of drug-likeness (QED) is 0.892. The van der Waals surface area contributed by atoms with Crippen LogP contribution in [0.2, 0.25) is 0 Å². The molecule has 0 aliphatic heterocycles. The topological polar surface area (TPSA) is 69.4 Å². The molecule has 2 aromatic carbocycles. The van der Waals surface area contributed by atoms with E-state index >= 15 is 0 Å². The van der Waals surface area contributed by atoms with Gasteiger partial charge in [-0.1, -0.05) is 28.1 Å². The van der Waals surface area contributed by atoms with Crippen molar-refractivity contribution in [3.05, 3.63) is 52.5 Å². The van der Waals surface area contributed by atoms with Crippen molar-refractivity contribution < 1.29 is 13.2 Å². The molecule has 0 spiro atoms. The van der Waals surface area contributed by atoms with Gasteiger partial charge in [0.25, 0.3) is 0 Å². The Bertz CT molecular complexity index is 757. The van der Waals surface area contributed by atoms with Gasteiger partial charge < -0.3 is 10.5 Å². The molecule has 2 aromatic rings. The van der Waals surface area contributed by atoms with Gasteiger partial charge in [-0.15, -0.1) is 0 Å². The summed E-state index contributed by atoms with van der Waals surface area (Å²) < 4.78 is 29.6. The van der Waals surface area contributed by atoms with Gasteiger partial charge in [0.05, 0.1) is 4.90 Å². The highest BCUT2D eigenvalue weighted by molar-refractivity contribution is 9.10. The first-order chi connectivity index (χ1) is 9.77. The number of benzene rings is 2. The number of hydrogen-bond acceptors (Lipinski definition) is 4. The first kappa shape index (κ1) is 16.0. The van der Waals surface area contributed by atoms with Crippen LogP contribution in [0.4, 0.5) is 0 Å². The molecular weight excluding hydrogens is 354 g/mol. The fourth-order valence-corrected chi connectivity index (χ4v) is 3.22. The number of ether oxygens (including phenoxy) is 1. The number of hydrogen-bond donors (Lipinski definition) is 1. The second-order valence-corrected chi connectivity index (χ2v) is 7.69. The van der Waals surface area contributed by atoms with Crippen molar-refractivity contribution >= 4 is 25.8 Å². The lowest BCUT2D eigenvalue weighted by Crippen LogP contribution is -2.05. The maximum absolute atomic E-state index is 11.5. The van der Waals surface area contributed by atoms with Crippen molar-refractivity contribution in [3.8, 4) is 11.5 Å². The minimum Gasteiger partial charge on any atom is -0.457 e. The van der Waals surface area contributed by atoms with Gasteiger partial charge in [-0.25, -0.2) is 8.42 Å². The number of rotatable bonds is 4. The summed E-state index contributed by atoms with van der Waals surface area (Å²) in [5, 5.41) is 0. The summed E-state index contributed by atoms with van der Waals surface area (Å²) >= 11 is 3.45. The molecule has 112 valence electrons. The highest BCUT2D eigenvalue weighted by Gasteiger charge is 2.10. The summed E-state index contributed by atoms with van der Waals surface area (Å²) in [4.78, 5) is 0.228. The lowest BCUT2D eigenvalue weighted by Gasteiger charge is -2.11. The first-order valence-corrected chi connectivity index (χ1v) is 8.99. The third-order valence-corrected chi connectivity index (χ3v) is 4.73. The molecule has 0 bridgehead atoms. The van der Waals surface area contributed by atoms with Crippen molar-refractivity contribution in [1.82, 2.24) is 0 Å². The average molecular weight is 370 g/mol. The summed E-state index contributed by atoms with van der Waals surface area (Å²) in [5.74, 6) is 1.08. The van der Waals surface area contributed by atoms with Crippen LogP contribution in [0, 0.1) is 0 Å². The van der Waals surface area contributed by atoms with Gasteiger partial charge in [0.2, 0.25) is 0 Å². The molecular formula is C15H16BrNO3S. The van der Waals surface area contributed by atoms with Crippen LogP contribution in [0.5, 0.6) is 11.5 Å². The van der Waals surface area contributed by atoms with Gasteiger partial charge in [-0.05, 0) is 42.8 Å². The van der Waals surface area contributed by atoms with E-state index in [1.165, 1.54) is 18.4 Å². The average Bonchev–Trinajstić information content (AvgIpc) is 2.37. The summed E-state index contributed by atoms with van der Waals surface area (Å²) in [6, 6.07) is 11.8. The molecule has 0 aliphatic carbocycles. The number of sulfone groups is 1. The van der Waals surface area contributed by atoms with E-state index in [2.05, 4.69) is 15.9 Å². The van der Waals surface area contributed by atoms with Crippen LogP contribution in [0.25, 0.3) is 0 Å². The molecule has 1 atom stereocenters. The fraction of sp³-hybridized carbons (Fsp3) is 0.200. The zero-order valence-electron chi connectivity index (χ0n) is 11.7. The van der Waals surface area contributed by atoms with Gasteiger partial charge in [-0.2, -0.15) is 0 Å². The third kappa shape index (κ3) is 4.06. The molecule has 0 radical (unpaired) electrons. The lowest BCUT2D eigenvalue weighted by molar-refractivity contribution is 0.480. The highest BCUT2D eigenvalue weighted by atomic mass is 79.9.